The van der Waals surface area contributed by atoms with Gasteiger partial charge in [0.15, 0.2) is 0 Å². The zero-order valence-corrected chi connectivity index (χ0v) is 12.7. The molecule has 0 atom stereocenters. The molecule has 0 unspecified atom stereocenters. The van der Waals surface area contributed by atoms with E-state index in [1.165, 1.54) is 0 Å². The van der Waals surface area contributed by atoms with E-state index in [2.05, 4.69) is 15.1 Å². The third kappa shape index (κ3) is 3.87. The van der Waals surface area contributed by atoms with E-state index >= 15 is 0 Å². The van der Waals surface area contributed by atoms with Gasteiger partial charge in [0.1, 0.15) is 5.75 Å². The molecule has 1 heterocycles. The van der Waals surface area contributed by atoms with Crippen LogP contribution in [0.4, 0.5) is 0 Å². The van der Waals surface area contributed by atoms with Crippen molar-refractivity contribution in [3.05, 3.63) is 47.8 Å². The van der Waals surface area contributed by atoms with Gasteiger partial charge in [-0.25, -0.2) is 0 Å². The molecular formula is C17H23N3O2. The molecule has 0 bridgehead atoms. The van der Waals surface area contributed by atoms with E-state index in [-0.39, 0.29) is 6.10 Å². The van der Waals surface area contributed by atoms with E-state index in [0.29, 0.717) is 11.8 Å². The van der Waals surface area contributed by atoms with Gasteiger partial charge in [-0.3, -0.25) is 10.00 Å². The average molecular weight is 301 g/mol. The standard InChI is InChI=1S/C17H23N3O2/c21-16-6-4-15(5-7-16)20(12-14-8-9-18-19-14)11-13-2-1-3-17(22)10-13/h1-3,8-10,15-16,21-22H,4-7,11-12H2,(H,18,19). The maximum atomic E-state index is 9.72. The van der Waals surface area contributed by atoms with E-state index < -0.39 is 0 Å². The molecule has 0 aliphatic heterocycles. The number of aromatic nitrogens is 2. The number of aliphatic hydroxyl groups excluding tert-OH is 1. The molecule has 3 rings (SSSR count). The van der Waals surface area contributed by atoms with Crippen LogP contribution in [0.3, 0.4) is 0 Å². The Labute approximate surface area is 130 Å². The largest absolute Gasteiger partial charge is 0.508 e. The molecule has 0 amide bonds. The van der Waals surface area contributed by atoms with Gasteiger partial charge in [-0.2, -0.15) is 5.10 Å². The van der Waals surface area contributed by atoms with Crippen LogP contribution in [-0.2, 0) is 13.1 Å². The summed E-state index contributed by atoms with van der Waals surface area (Å²) in [6, 6.07) is 9.87. The maximum absolute atomic E-state index is 9.72. The van der Waals surface area contributed by atoms with Gasteiger partial charge >= 0.3 is 0 Å². The summed E-state index contributed by atoms with van der Waals surface area (Å²) in [6.07, 6.45) is 5.37. The summed E-state index contributed by atoms with van der Waals surface area (Å²) in [4.78, 5) is 2.41. The minimum Gasteiger partial charge on any atom is -0.508 e. The Bertz CT molecular complexity index is 577. The van der Waals surface area contributed by atoms with Crippen molar-refractivity contribution >= 4 is 0 Å². The Kier molecular flexibility index (Phi) is 4.75. The third-order valence-corrected chi connectivity index (χ3v) is 4.41. The Balaban J connectivity index is 1.73. The number of aromatic hydroxyl groups is 1. The molecule has 2 aromatic rings. The van der Waals surface area contributed by atoms with Crippen molar-refractivity contribution in [1.82, 2.24) is 15.1 Å². The zero-order valence-electron chi connectivity index (χ0n) is 12.7. The van der Waals surface area contributed by atoms with E-state index in [1.54, 1.807) is 12.3 Å². The van der Waals surface area contributed by atoms with E-state index in [1.807, 2.05) is 24.3 Å². The van der Waals surface area contributed by atoms with Crippen molar-refractivity contribution in [3.63, 3.8) is 0 Å². The molecule has 3 N–H and O–H groups in total. The molecule has 0 saturated heterocycles. The lowest BCUT2D eigenvalue weighted by Gasteiger charge is -2.35. The van der Waals surface area contributed by atoms with E-state index in [9.17, 15) is 10.2 Å². The van der Waals surface area contributed by atoms with Gasteiger partial charge in [-0.1, -0.05) is 12.1 Å². The summed E-state index contributed by atoms with van der Waals surface area (Å²) in [5.41, 5.74) is 2.19. The molecule has 1 aromatic heterocycles. The van der Waals surface area contributed by atoms with Crippen LogP contribution in [-0.4, -0.2) is 37.5 Å². The third-order valence-electron chi connectivity index (χ3n) is 4.41. The van der Waals surface area contributed by atoms with Gasteiger partial charge in [0.05, 0.1) is 6.10 Å². The first kappa shape index (κ1) is 15.1. The lowest BCUT2D eigenvalue weighted by atomic mass is 9.91. The Morgan fingerprint density at radius 3 is 2.64 bits per heavy atom. The number of H-pyrrole nitrogens is 1. The maximum Gasteiger partial charge on any atom is 0.115 e. The number of nitrogens with one attached hydrogen (secondary N) is 1. The van der Waals surface area contributed by atoms with Crippen LogP contribution in [0.15, 0.2) is 36.5 Å². The number of rotatable bonds is 5. The normalized spacial score (nSPS) is 22.1. The fourth-order valence-electron chi connectivity index (χ4n) is 3.22. The van der Waals surface area contributed by atoms with Crippen LogP contribution >= 0.6 is 0 Å². The van der Waals surface area contributed by atoms with E-state index in [4.69, 9.17) is 0 Å². The molecule has 118 valence electrons. The lowest BCUT2D eigenvalue weighted by molar-refractivity contribution is 0.0659. The van der Waals surface area contributed by atoms with Crippen LogP contribution < -0.4 is 0 Å². The van der Waals surface area contributed by atoms with Crippen molar-refractivity contribution in [2.45, 2.75) is 50.9 Å². The van der Waals surface area contributed by atoms with Crippen molar-refractivity contribution in [3.8, 4) is 5.75 Å². The van der Waals surface area contributed by atoms with Gasteiger partial charge in [0.2, 0.25) is 0 Å². The van der Waals surface area contributed by atoms with Gasteiger partial charge in [0, 0.05) is 31.0 Å². The Morgan fingerprint density at radius 2 is 1.95 bits per heavy atom. The number of aliphatic hydroxyl groups is 1. The van der Waals surface area contributed by atoms with Gasteiger partial charge in [-0.15, -0.1) is 0 Å². The molecule has 0 radical (unpaired) electrons. The first-order valence-corrected chi connectivity index (χ1v) is 7.89. The fraction of sp³-hybridized carbons (Fsp3) is 0.471. The van der Waals surface area contributed by atoms with Crippen LogP contribution in [0.5, 0.6) is 5.75 Å². The van der Waals surface area contributed by atoms with Gasteiger partial charge in [-0.05, 0) is 49.4 Å². The first-order chi connectivity index (χ1) is 10.7. The summed E-state index contributed by atoms with van der Waals surface area (Å²) in [6.45, 7) is 1.59. The predicted molar refractivity (Wildman–Crippen MR) is 84.2 cm³/mol. The van der Waals surface area contributed by atoms with E-state index in [0.717, 1.165) is 50.0 Å². The first-order valence-electron chi connectivity index (χ1n) is 7.89. The molecule has 1 fully saturated rings. The SMILES string of the molecule is Oc1cccc(CN(Cc2ccn[nH]2)C2CCC(O)CC2)c1. The second-order valence-corrected chi connectivity index (χ2v) is 6.12. The van der Waals surface area contributed by atoms with Crippen LogP contribution in [0.1, 0.15) is 36.9 Å². The Hall–Kier alpha value is -1.85. The summed E-state index contributed by atoms with van der Waals surface area (Å²) in [5.74, 6) is 0.304. The molecule has 1 saturated carbocycles. The number of phenolic OH excluding ortho intramolecular Hbond substituents is 1. The minimum atomic E-state index is -0.147. The van der Waals surface area contributed by atoms with Crippen molar-refractivity contribution < 1.29 is 10.2 Å². The van der Waals surface area contributed by atoms with Crippen LogP contribution in [0.2, 0.25) is 0 Å². The highest BCUT2D eigenvalue weighted by molar-refractivity contribution is 5.27. The highest BCUT2D eigenvalue weighted by atomic mass is 16.3. The molecule has 1 aliphatic rings. The molecule has 1 aliphatic carbocycles. The fourth-order valence-corrected chi connectivity index (χ4v) is 3.22. The molecule has 0 spiro atoms. The van der Waals surface area contributed by atoms with Crippen molar-refractivity contribution in [2.75, 3.05) is 0 Å². The Morgan fingerprint density at radius 1 is 1.14 bits per heavy atom. The molecule has 5 nitrogen and oxygen atoms in total. The number of hydrogen-bond donors (Lipinski definition) is 3. The summed E-state index contributed by atoms with van der Waals surface area (Å²) < 4.78 is 0. The molecule has 5 heteroatoms. The molecule has 22 heavy (non-hydrogen) atoms. The summed E-state index contributed by atoms with van der Waals surface area (Å²) in [5, 5.41) is 26.4. The number of aromatic amines is 1. The van der Waals surface area contributed by atoms with Gasteiger partial charge < -0.3 is 10.2 Å². The smallest absolute Gasteiger partial charge is 0.115 e. The lowest BCUT2D eigenvalue weighted by Crippen LogP contribution is -2.38. The van der Waals surface area contributed by atoms with Gasteiger partial charge in [0.25, 0.3) is 0 Å². The minimum absolute atomic E-state index is 0.147. The highest BCUT2D eigenvalue weighted by Gasteiger charge is 2.25. The average Bonchev–Trinajstić information content (AvgIpc) is 3.00. The second kappa shape index (κ2) is 6.94. The number of nitrogens with zero attached hydrogens (tertiary/aromatic N) is 2. The van der Waals surface area contributed by atoms with Crippen molar-refractivity contribution in [2.24, 2.45) is 0 Å². The number of hydrogen-bond acceptors (Lipinski definition) is 4. The zero-order chi connectivity index (χ0) is 15.4. The number of phenols is 1. The van der Waals surface area contributed by atoms with Crippen LogP contribution in [0.25, 0.3) is 0 Å². The second-order valence-electron chi connectivity index (χ2n) is 6.12. The monoisotopic (exact) mass is 301 g/mol. The quantitative estimate of drug-likeness (QED) is 0.793. The summed E-state index contributed by atoms with van der Waals surface area (Å²) in [7, 11) is 0. The predicted octanol–water partition coefficient (Wildman–Crippen LogP) is 2.42. The molecule has 1 aromatic carbocycles. The molecular weight excluding hydrogens is 278 g/mol. The number of benzene rings is 1. The van der Waals surface area contributed by atoms with Crippen molar-refractivity contribution in [1.29, 1.82) is 0 Å². The summed E-state index contributed by atoms with van der Waals surface area (Å²) >= 11 is 0. The highest BCUT2D eigenvalue weighted by Crippen LogP contribution is 2.26. The van der Waals surface area contributed by atoms with Crippen LogP contribution in [0, 0.1) is 0 Å². The topological polar surface area (TPSA) is 72.4 Å².